The third-order valence-corrected chi connectivity index (χ3v) is 3.78. The van der Waals surface area contributed by atoms with Gasteiger partial charge in [0.15, 0.2) is 5.82 Å². The lowest BCUT2D eigenvalue weighted by Crippen LogP contribution is -2.18. The van der Waals surface area contributed by atoms with Gasteiger partial charge in [-0.25, -0.2) is 4.98 Å². The number of anilines is 3. The molecule has 0 aliphatic rings. The van der Waals surface area contributed by atoms with Crippen molar-refractivity contribution in [2.45, 2.75) is 13.5 Å². The quantitative estimate of drug-likeness (QED) is 0.677. The van der Waals surface area contributed by atoms with Gasteiger partial charge < -0.3 is 15.0 Å². The van der Waals surface area contributed by atoms with E-state index in [0.717, 1.165) is 17.7 Å². The van der Waals surface area contributed by atoms with E-state index in [1.54, 1.807) is 36.7 Å². The SMILES string of the molecule is CCN(C)c1nccc(Nc2cc(-c3ccc(OC(F)F)cc3)cnn2)n1. The number of ether oxygens (including phenoxy) is 1. The molecule has 1 aromatic carbocycles. The van der Waals surface area contributed by atoms with Gasteiger partial charge in [-0.15, -0.1) is 5.10 Å². The first-order chi connectivity index (χ1) is 13.0. The van der Waals surface area contributed by atoms with Crippen LogP contribution in [0.4, 0.5) is 26.4 Å². The smallest absolute Gasteiger partial charge is 0.387 e. The molecule has 0 saturated heterocycles. The molecule has 0 fully saturated rings. The highest BCUT2D eigenvalue weighted by atomic mass is 19.3. The fraction of sp³-hybridized carbons (Fsp3) is 0.222. The van der Waals surface area contributed by atoms with E-state index < -0.39 is 6.61 Å². The molecule has 0 aliphatic heterocycles. The summed E-state index contributed by atoms with van der Waals surface area (Å²) in [6.45, 7) is -0.0567. The Bertz CT molecular complexity index is 891. The molecule has 2 aromatic heterocycles. The number of hydrogen-bond acceptors (Lipinski definition) is 7. The summed E-state index contributed by atoms with van der Waals surface area (Å²) in [5.74, 6) is 1.79. The average molecular weight is 372 g/mol. The highest BCUT2D eigenvalue weighted by molar-refractivity contribution is 5.67. The molecular formula is C18H18F2N6O. The van der Waals surface area contributed by atoms with Crippen molar-refractivity contribution in [3.8, 4) is 16.9 Å². The topological polar surface area (TPSA) is 76.1 Å². The molecule has 3 rings (SSSR count). The van der Waals surface area contributed by atoms with Gasteiger partial charge in [0, 0.05) is 25.4 Å². The Kier molecular flexibility index (Phi) is 5.70. The van der Waals surface area contributed by atoms with Gasteiger partial charge in [0.1, 0.15) is 11.6 Å². The first-order valence-electron chi connectivity index (χ1n) is 8.24. The van der Waals surface area contributed by atoms with Crippen molar-refractivity contribution in [1.82, 2.24) is 20.2 Å². The fourth-order valence-corrected chi connectivity index (χ4v) is 2.29. The van der Waals surface area contributed by atoms with Gasteiger partial charge in [-0.05, 0) is 36.8 Å². The first kappa shape index (κ1) is 18.4. The molecule has 1 N–H and O–H groups in total. The zero-order valence-electron chi connectivity index (χ0n) is 14.8. The molecule has 0 radical (unpaired) electrons. The van der Waals surface area contributed by atoms with Gasteiger partial charge in [-0.1, -0.05) is 12.1 Å². The first-order valence-corrected chi connectivity index (χ1v) is 8.24. The normalized spacial score (nSPS) is 10.7. The molecule has 2 heterocycles. The molecule has 27 heavy (non-hydrogen) atoms. The molecule has 0 aliphatic carbocycles. The zero-order valence-corrected chi connectivity index (χ0v) is 14.8. The summed E-state index contributed by atoms with van der Waals surface area (Å²) in [4.78, 5) is 10.6. The third kappa shape index (κ3) is 4.84. The monoisotopic (exact) mass is 372 g/mol. The average Bonchev–Trinajstić information content (AvgIpc) is 2.68. The second-order valence-corrected chi connectivity index (χ2v) is 5.61. The minimum Gasteiger partial charge on any atom is -0.435 e. The van der Waals surface area contributed by atoms with E-state index >= 15 is 0 Å². The van der Waals surface area contributed by atoms with Crippen LogP contribution in [-0.4, -0.2) is 40.4 Å². The second kappa shape index (κ2) is 8.35. The largest absolute Gasteiger partial charge is 0.435 e. The van der Waals surface area contributed by atoms with Gasteiger partial charge in [0.05, 0.1) is 6.20 Å². The lowest BCUT2D eigenvalue weighted by Gasteiger charge is -2.14. The highest BCUT2D eigenvalue weighted by Gasteiger charge is 2.07. The van der Waals surface area contributed by atoms with E-state index in [4.69, 9.17) is 0 Å². The number of benzene rings is 1. The molecule has 0 amide bonds. The molecule has 0 unspecified atom stereocenters. The second-order valence-electron chi connectivity index (χ2n) is 5.61. The van der Waals surface area contributed by atoms with E-state index in [-0.39, 0.29) is 5.75 Å². The van der Waals surface area contributed by atoms with Gasteiger partial charge >= 0.3 is 6.61 Å². The van der Waals surface area contributed by atoms with Gasteiger partial charge in [-0.2, -0.15) is 18.9 Å². The van der Waals surface area contributed by atoms with Crippen molar-refractivity contribution >= 4 is 17.6 Å². The van der Waals surface area contributed by atoms with Gasteiger partial charge in [0.25, 0.3) is 0 Å². The van der Waals surface area contributed by atoms with Crippen LogP contribution in [0.3, 0.4) is 0 Å². The van der Waals surface area contributed by atoms with Crippen LogP contribution in [0.15, 0.2) is 48.8 Å². The van der Waals surface area contributed by atoms with Crippen molar-refractivity contribution in [2.75, 3.05) is 23.8 Å². The van der Waals surface area contributed by atoms with Crippen molar-refractivity contribution in [2.24, 2.45) is 0 Å². The Hall–Kier alpha value is -3.36. The lowest BCUT2D eigenvalue weighted by molar-refractivity contribution is -0.0498. The molecule has 140 valence electrons. The van der Waals surface area contributed by atoms with Crippen LogP contribution >= 0.6 is 0 Å². The standard InChI is InChI=1S/C18H18F2N6O/c1-3-26(2)18-21-9-8-15(24-18)23-16-10-13(11-22-25-16)12-4-6-14(7-5-12)27-17(19)20/h4-11,17H,3H2,1-2H3,(H,21,23,24,25). The van der Waals surface area contributed by atoms with E-state index in [9.17, 15) is 8.78 Å². The number of halogens is 2. The molecule has 9 heteroatoms. The minimum absolute atomic E-state index is 0.0997. The van der Waals surface area contributed by atoms with Crippen LogP contribution in [0.5, 0.6) is 5.75 Å². The fourth-order valence-electron chi connectivity index (χ4n) is 2.29. The summed E-state index contributed by atoms with van der Waals surface area (Å²) in [5.41, 5.74) is 1.57. The Morgan fingerprint density at radius 1 is 1.11 bits per heavy atom. The Morgan fingerprint density at radius 3 is 2.59 bits per heavy atom. The number of hydrogen-bond donors (Lipinski definition) is 1. The summed E-state index contributed by atoms with van der Waals surface area (Å²) in [5, 5.41) is 11.1. The van der Waals surface area contributed by atoms with Crippen molar-refractivity contribution in [3.05, 3.63) is 48.8 Å². The summed E-state index contributed by atoms with van der Waals surface area (Å²) in [6, 6.07) is 9.84. The molecule has 7 nitrogen and oxygen atoms in total. The Morgan fingerprint density at radius 2 is 1.89 bits per heavy atom. The predicted molar refractivity (Wildman–Crippen MR) is 98.4 cm³/mol. The Balaban J connectivity index is 1.78. The molecule has 0 spiro atoms. The van der Waals surface area contributed by atoms with E-state index in [1.165, 1.54) is 12.1 Å². The summed E-state index contributed by atoms with van der Waals surface area (Å²) in [7, 11) is 1.90. The van der Waals surface area contributed by atoms with Crippen LogP contribution in [-0.2, 0) is 0 Å². The molecule has 0 saturated carbocycles. The van der Waals surface area contributed by atoms with E-state index in [0.29, 0.717) is 17.6 Å². The van der Waals surface area contributed by atoms with Crippen molar-refractivity contribution in [1.29, 1.82) is 0 Å². The van der Waals surface area contributed by atoms with Crippen LogP contribution in [0.25, 0.3) is 11.1 Å². The maximum Gasteiger partial charge on any atom is 0.387 e. The molecule has 3 aromatic rings. The predicted octanol–water partition coefficient (Wildman–Crippen LogP) is 3.73. The van der Waals surface area contributed by atoms with Crippen molar-refractivity contribution in [3.63, 3.8) is 0 Å². The third-order valence-electron chi connectivity index (χ3n) is 3.78. The van der Waals surface area contributed by atoms with Crippen LogP contribution in [0.1, 0.15) is 6.92 Å². The van der Waals surface area contributed by atoms with E-state index in [1.807, 2.05) is 18.9 Å². The maximum atomic E-state index is 12.2. The lowest BCUT2D eigenvalue weighted by atomic mass is 10.1. The van der Waals surface area contributed by atoms with E-state index in [2.05, 4.69) is 30.2 Å². The Labute approximate surface area is 155 Å². The zero-order chi connectivity index (χ0) is 19.2. The number of nitrogens with one attached hydrogen (secondary N) is 1. The van der Waals surface area contributed by atoms with Crippen LogP contribution in [0, 0.1) is 0 Å². The minimum atomic E-state index is -2.85. The number of aromatic nitrogens is 4. The van der Waals surface area contributed by atoms with Crippen molar-refractivity contribution < 1.29 is 13.5 Å². The molecule has 0 atom stereocenters. The summed E-state index contributed by atoms with van der Waals surface area (Å²) >= 11 is 0. The molecule has 0 bridgehead atoms. The van der Waals surface area contributed by atoms with Crippen LogP contribution < -0.4 is 15.0 Å². The summed E-state index contributed by atoms with van der Waals surface area (Å²) < 4.78 is 28.8. The number of rotatable bonds is 7. The number of alkyl halides is 2. The van der Waals surface area contributed by atoms with Gasteiger partial charge in [-0.3, -0.25) is 0 Å². The number of nitrogens with zero attached hydrogens (tertiary/aromatic N) is 5. The molecular weight excluding hydrogens is 354 g/mol. The maximum absolute atomic E-state index is 12.2. The summed E-state index contributed by atoms with van der Waals surface area (Å²) in [6.07, 6.45) is 3.25. The van der Waals surface area contributed by atoms with Crippen LogP contribution in [0.2, 0.25) is 0 Å². The highest BCUT2D eigenvalue weighted by Crippen LogP contribution is 2.25. The van der Waals surface area contributed by atoms with Gasteiger partial charge in [0.2, 0.25) is 5.95 Å².